The predicted molar refractivity (Wildman–Crippen MR) is 113 cm³/mol. The average molecular weight is 464 g/mol. The Morgan fingerprint density at radius 3 is 2.28 bits per heavy atom. The second kappa shape index (κ2) is 10.0. The molecule has 1 fully saturated rings. The Labute approximate surface area is 188 Å². The zero-order valence-corrected chi connectivity index (χ0v) is 19.1. The Bertz CT molecular complexity index is 988. The number of ether oxygens (including phenoxy) is 4. The molecular formula is C21H24N2O8S. The summed E-state index contributed by atoms with van der Waals surface area (Å²) in [5.41, 5.74) is 1.38. The van der Waals surface area contributed by atoms with Gasteiger partial charge in [-0.25, -0.2) is 0 Å². The smallest absolute Gasteiger partial charge is 0.303 e. The summed E-state index contributed by atoms with van der Waals surface area (Å²) < 4.78 is 27.7. The highest BCUT2D eigenvalue weighted by Crippen LogP contribution is 2.39. The van der Waals surface area contributed by atoms with Gasteiger partial charge in [0.05, 0.1) is 17.5 Å². The number of thioether (sulfide) groups is 1. The van der Waals surface area contributed by atoms with Gasteiger partial charge in [-0.3, -0.25) is 19.4 Å². The monoisotopic (exact) mass is 464 g/mol. The number of aryl methyl sites for hydroxylation is 2. The molecule has 2 aromatic heterocycles. The van der Waals surface area contributed by atoms with Crippen LogP contribution in [0.15, 0.2) is 23.0 Å². The first-order chi connectivity index (χ1) is 15.2. The molecule has 0 aromatic carbocycles. The van der Waals surface area contributed by atoms with Crippen LogP contribution >= 0.6 is 11.8 Å². The van der Waals surface area contributed by atoms with Gasteiger partial charge in [0.2, 0.25) is 0 Å². The van der Waals surface area contributed by atoms with Crippen LogP contribution in [0.1, 0.15) is 32.2 Å². The molecule has 3 rings (SSSR count). The van der Waals surface area contributed by atoms with Crippen molar-refractivity contribution in [2.45, 2.75) is 58.4 Å². The molecule has 32 heavy (non-hydrogen) atoms. The number of carbonyl (C=O) groups is 3. The van der Waals surface area contributed by atoms with E-state index in [0.29, 0.717) is 22.8 Å². The molecule has 0 N–H and O–H groups in total. The van der Waals surface area contributed by atoms with Crippen LogP contribution in [0, 0.1) is 13.8 Å². The van der Waals surface area contributed by atoms with Crippen LogP contribution in [0.2, 0.25) is 0 Å². The predicted octanol–water partition coefficient (Wildman–Crippen LogP) is 2.60. The van der Waals surface area contributed by atoms with Crippen molar-refractivity contribution in [2.75, 3.05) is 5.75 Å². The van der Waals surface area contributed by atoms with Gasteiger partial charge >= 0.3 is 17.9 Å². The van der Waals surface area contributed by atoms with Crippen molar-refractivity contribution < 1.29 is 37.9 Å². The summed E-state index contributed by atoms with van der Waals surface area (Å²) in [4.78, 5) is 39.3. The fourth-order valence-corrected chi connectivity index (χ4v) is 4.69. The summed E-state index contributed by atoms with van der Waals surface area (Å²) in [6.45, 7) is 7.32. The van der Waals surface area contributed by atoms with E-state index in [9.17, 15) is 14.4 Å². The van der Waals surface area contributed by atoms with E-state index in [1.807, 2.05) is 6.92 Å². The number of esters is 3. The summed E-state index contributed by atoms with van der Waals surface area (Å²) in [5, 5.41) is 3.99. The molecule has 0 bridgehead atoms. The van der Waals surface area contributed by atoms with E-state index in [2.05, 4.69) is 10.1 Å². The lowest BCUT2D eigenvalue weighted by molar-refractivity contribution is -0.186. The van der Waals surface area contributed by atoms with Gasteiger partial charge in [0.1, 0.15) is 11.5 Å². The van der Waals surface area contributed by atoms with Crippen LogP contribution in [-0.4, -0.2) is 57.5 Å². The number of nitrogens with zero attached hydrogens (tertiary/aromatic N) is 2. The second-order valence-corrected chi connectivity index (χ2v) is 8.32. The van der Waals surface area contributed by atoms with Gasteiger partial charge in [0, 0.05) is 38.3 Å². The normalized spacial score (nSPS) is 22.7. The molecule has 0 unspecified atom stereocenters. The third-order valence-electron chi connectivity index (χ3n) is 4.64. The molecule has 172 valence electrons. The first kappa shape index (κ1) is 23.6. The first-order valence-electron chi connectivity index (χ1n) is 9.84. The molecular weight excluding hydrogens is 440 g/mol. The summed E-state index contributed by atoms with van der Waals surface area (Å²) in [6, 6.07) is 1.77. The summed E-state index contributed by atoms with van der Waals surface area (Å²) >= 11 is 1.27. The highest BCUT2D eigenvalue weighted by atomic mass is 32.2. The number of hydrogen-bond acceptors (Lipinski definition) is 11. The maximum absolute atomic E-state index is 11.8. The van der Waals surface area contributed by atoms with Crippen molar-refractivity contribution in [3.63, 3.8) is 0 Å². The lowest BCUT2D eigenvalue weighted by Gasteiger charge is -2.40. The summed E-state index contributed by atoms with van der Waals surface area (Å²) in [5.74, 6) is -0.458. The largest absolute Gasteiger partial charge is 0.473 e. The molecule has 1 saturated heterocycles. The van der Waals surface area contributed by atoms with Crippen LogP contribution < -0.4 is 4.74 Å². The third kappa shape index (κ3) is 5.39. The Kier molecular flexibility index (Phi) is 7.39. The number of aromatic nitrogens is 2. The Morgan fingerprint density at radius 1 is 1.03 bits per heavy atom. The number of rotatable bonds is 6. The van der Waals surface area contributed by atoms with Gasteiger partial charge in [0.15, 0.2) is 23.7 Å². The second-order valence-electron chi connectivity index (χ2n) is 7.19. The fraction of sp³-hybridized carbons (Fsp3) is 0.476. The standard InChI is InChI=1S/C21H24N2O8S/c1-10-18(11(2)31-23-10)15-6-7-22-8-16(15)30-21-20(29-14(5)26)19(28-13(4)25)17(9-32-21)27-12(3)24/h6-8,17,19-21H,9H2,1-5H3/t17-,19+,20-,21+/m1/s1. The number of hydrogen-bond donors (Lipinski definition) is 0. The molecule has 0 spiro atoms. The van der Waals surface area contributed by atoms with E-state index in [1.54, 1.807) is 19.2 Å². The number of carbonyl (C=O) groups excluding carboxylic acids is 3. The fourth-order valence-electron chi connectivity index (χ4n) is 3.48. The van der Waals surface area contributed by atoms with Crippen molar-refractivity contribution in [2.24, 2.45) is 0 Å². The van der Waals surface area contributed by atoms with Crippen LogP contribution in [-0.2, 0) is 28.6 Å². The van der Waals surface area contributed by atoms with Crippen LogP contribution in [0.5, 0.6) is 5.75 Å². The third-order valence-corrected chi connectivity index (χ3v) is 5.85. The zero-order chi connectivity index (χ0) is 23.4. The van der Waals surface area contributed by atoms with E-state index in [-0.39, 0.29) is 5.75 Å². The van der Waals surface area contributed by atoms with Crippen molar-refractivity contribution >= 4 is 29.7 Å². The van der Waals surface area contributed by atoms with Crippen molar-refractivity contribution in [1.82, 2.24) is 10.1 Å². The molecule has 0 radical (unpaired) electrons. The van der Waals surface area contributed by atoms with Gasteiger partial charge < -0.3 is 23.5 Å². The average Bonchev–Trinajstić information content (AvgIpc) is 3.04. The first-order valence-corrected chi connectivity index (χ1v) is 10.9. The SMILES string of the molecule is CC(=O)O[C@@H]1[C@@H](OC(C)=O)[C@@H](Oc2cnccc2-c2c(C)noc2C)SC[C@H]1OC(C)=O. The Morgan fingerprint density at radius 2 is 1.69 bits per heavy atom. The maximum Gasteiger partial charge on any atom is 0.303 e. The van der Waals surface area contributed by atoms with E-state index in [1.165, 1.54) is 38.7 Å². The van der Waals surface area contributed by atoms with E-state index in [0.717, 1.165) is 5.56 Å². The van der Waals surface area contributed by atoms with Gasteiger partial charge in [-0.2, -0.15) is 0 Å². The number of pyridine rings is 1. The molecule has 1 aliphatic rings. The molecule has 4 atom stereocenters. The van der Waals surface area contributed by atoms with Crippen LogP contribution in [0.4, 0.5) is 0 Å². The highest BCUT2D eigenvalue weighted by molar-refractivity contribution is 7.99. The van der Waals surface area contributed by atoms with Crippen molar-refractivity contribution in [1.29, 1.82) is 0 Å². The molecule has 0 aliphatic carbocycles. The molecule has 3 heterocycles. The topological polar surface area (TPSA) is 127 Å². The molecule has 10 nitrogen and oxygen atoms in total. The Hall–Kier alpha value is -3.08. The minimum absolute atomic E-state index is 0.265. The molecule has 0 amide bonds. The van der Waals surface area contributed by atoms with Crippen LogP contribution in [0.25, 0.3) is 11.1 Å². The molecule has 1 aliphatic heterocycles. The van der Waals surface area contributed by atoms with E-state index >= 15 is 0 Å². The van der Waals surface area contributed by atoms with E-state index < -0.39 is 41.7 Å². The minimum Gasteiger partial charge on any atom is -0.473 e. The lowest BCUT2D eigenvalue weighted by Crippen LogP contribution is -2.55. The van der Waals surface area contributed by atoms with Gasteiger partial charge in [-0.05, 0) is 19.9 Å². The zero-order valence-electron chi connectivity index (χ0n) is 18.3. The van der Waals surface area contributed by atoms with Gasteiger partial charge in [-0.15, -0.1) is 11.8 Å². The van der Waals surface area contributed by atoms with Crippen molar-refractivity contribution in [3.05, 3.63) is 29.9 Å². The Balaban J connectivity index is 1.96. The van der Waals surface area contributed by atoms with Gasteiger partial charge in [0.25, 0.3) is 0 Å². The minimum atomic E-state index is -1.04. The molecule has 11 heteroatoms. The van der Waals surface area contributed by atoms with Gasteiger partial charge in [-0.1, -0.05) is 5.16 Å². The summed E-state index contributed by atoms with van der Waals surface area (Å²) in [7, 11) is 0. The van der Waals surface area contributed by atoms with Crippen molar-refractivity contribution in [3.8, 4) is 16.9 Å². The molecule has 2 aromatic rings. The maximum atomic E-state index is 11.8. The molecule has 0 saturated carbocycles. The highest BCUT2D eigenvalue weighted by Gasteiger charge is 2.48. The lowest BCUT2D eigenvalue weighted by atomic mass is 10.0. The summed E-state index contributed by atoms with van der Waals surface area (Å²) in [6.07, 6.45) is 0.278. The van der Waals surface area contributed by atoms with Crippen LogP contribution in [0.3, 0.4) is 0 Å². The van der Waals surface area contributed by atoms with E-state index in [4.69, 9.17) is 23.5 Å². The quantitative estimate of drug-likeness (QED) is 0.462.